The van der Waals surface area contributed by atoms with Crippen molar-refractivity contribution >= 4 is 11.8 Å². The van der Waals surface area contributed by atoms with E-state index in [-0.39, 0.29) is 11.4 Å². The van der Waals surface area contributed by atoms with Gasteiger partial charge in [0.15, 0.2) is 0 Å². The minimum atomic E-state index is -0.516. The molecule has 84 valence electrons. The van der Waals surface area contributed by atoms with Gasteiger partial charge in [0.05, 0.1) is 11.6 Å². The highest BCUT2D eigenvalue weighted by Gasteiger charge is 2.08. The van der Waals surface area contributed by atoms with Crippen LogP contribution in [0.2, 0.25) is 0 Å². The second-order valence-electron chi connectivity index (χ2n) is 3.29. The Balaban J connectivity index is 2.32. The molecule has 0 aromatic heterocycles. The van der Waals surface area contributed by atoms with Gasteiger partial charge in [-0.25, -0.2) is 8.78 Å². The van der Waals surface area contributed by atoms with Crippen LogP contribution in [0.15, 0.2) is 52.3 Å². The molecule has 0 saturated heterocycles. The third kappa shape index (κ3) is 2.63. The Morgan fingerprint density at radius 3 is 2.29 bits per heavy atom. The van der Waals surface area contributed by atoms with Gasteiger partial charge in [-0.05, 0) is 30.3 Å². The van der Waals surface area contributed by atoms with Gasteiger partial charge >= 0.3 is 0 Å². The number of hydrogen-bond acceptors (Lipinski definition) is 2. The summed E-state index contributed by atoms with van der Waals surface area (Å²) in [5, 5.41) is 8.60. The Morgan fingerprint density at radius 2 is 1.65 bits per heavy atom. The second kappa shape index (κ2) is 4.98. The fraction of sp³-hybridized carbons (Fsp3) is 0. The lowest BCUT2D eigenvalue weighted by Gasteiger charge is -2.04. The maximum Gasteiger partial charge on any atom is 0.138 e. The van der Waals surface area contributed by atoms with Crippen LogP contribution in [0.3, 0.4) is 0 Å². The van der Waals surface area contributed by atoms with Crippen LogP contribution in [-0.4, -0.2) is 0 Å². The highest BCUT2D eigenvalue weighted by molar-refractivity contribution is 7.99. The molecular formula is C13H7F2NS. The molecule has 17 heavy (non-hydrogen) atoms. The van der Waals surface area contributed by atoms with E-state index in [1.165, 1.54) is 18.2 Å². The number of nitriles is 1. The Labute approximate surface area is 102 Å². The molecule has 0 spiro atoms. The highest BCUT2D eigenvalue weighted by Crippen LogP contribution is 2.31. The molecule has 0 bridgehead atoms. The largest absolute Gasteiger partial charge is 0.206 e. The van der Waals surface area contributed by atoms with Crippen LogP contribution in [-0.2, 0) is 0 Å². The summed E-state index contributed by atoms with van der Waals surface area (Å²) in [5.74, 6) is -0.904. The molecule has 0 fully saturated rings. The summed E-state index contributed by atoms with van der Waals surface area (Å²) in [7, 11) is 0. The lowest BCUT2D eigenvalue weighted by molar-refractivity contribution is 0.595. The molecule has 4 heteroatoms. The van der Waals surface area contributed by atoms with Crippen molar-refractivity contribution in [1.82, 2.24) is 0 Å². The second-order valence-corrected chi connectivity index (χ2v) is 4.37. The van der Waals surface area contributed by atoms with Crippen LogP contribution < -0.4 is 0 Å². The van der Waals surface area contributed by atoms with E-state index in [9.17, 15) is 8.78 Å². The Morgan fingerprint density at radius 1 is 0.941 bits per heavy atom. The lowest BCUT2D eigenvalue weighted by atomic mass is 10.2. The van der Waals surface area contributed by atoms with Gasteiger partial charge in [-0.2, -0.15) is 5.26 Å². The van der Waals surface area contributed by atoms with Crippen molar-refractivity contribution < 1.29 is 8.78 Å². The first-order chi connectivity index (χ1) is 8.20. The van der Waals surface area contributed by atoms with E-state index in [4.69, 9.17) is 5.26 Å². The first kappa shape index (κ1) is 11.6. The molecule has 0 N–H and O–H groups in total. The normalized spacial score (nSPS) is 9.94. The molecule has 2 rings (SSSR count). The smallest absolute Gasteiger partial charge is 0.138 e. The summed E-state index contributed by atoms with van der Waals surface area (Å²) < 4.78 is 26.9. The zero-order chi connectivity index (χ0) is 12.3. The SMILES string of the molecule is N#Cc1ccc(Sc2ccccc2F)c(F)c1. The topological polar surface area (TPSA) is 23.8 Å². The lowest BCUT2D eigenvalue weighted by Crippen LogP contribution is -1.85. The number of nitrogens with zero attached hydrogens (tertiary/aromatic N) is 1. The van der Waals surface area contributed by atoms with E-state index < -0.39 is 5.82 Å². The summed E-state index contributed by atoms with van der Waals surface area (Å²) >= 11 is 1.00. The van der Waals surface area contributed by atoms with Crippen molar-refractivity contribution in [1.29, 1.82) is 5.26 Å². The molecule has 2 aromatic carbocycles. The maximum atomic E-state index is 13.6. The molecule has 2 aromatic rings. The third-order valence-electron chi connectivity index (χ3n) is 2.12. The Kier molecular flexibility index (Phi) is 3.40. The van der Waals surface area contributed by atoms with E-state index in [1.54, 1.807) is 18.2 Å². The first-order valence-electron chi connectivity index (χ1n) is 4.83. The van der Waals surface area contributed by atoms with Crippen LogP contribution >= 0.6 is 11.8 Å². The van der Waals surface area contributed by atoms with E-state index in [1.807, 2.05) is 6.07 Å². The molecular weight excluding hydrogens is 240 g/mol. The fourth-order valence-corrected chi connectivity index (χ4v) is 2.14. The summed E-state index contributed by atoms with van der Waals surface area (Å²) in [4.78, 5) is 0.658. The van der Waals surface area contributed by atoms with Gasteiger partial charge in [0.25, 0.3) is 0 Å². The van der Waals surface area contributed by atoms with E-state index >= 15 is 0 Å². The highest BCUT2D eigenvalue weighted by atomic mass is 32.2. The van der Waals surface area contributed by atoms with Crippen LogP contribution in [0.5, 0.6) is 0 Å². The summed E-state index contributed by atoms with van der Waals surface area (Å²) in [6, 6.07) is 12.1. The number of halogens is 2. The molecule has 1 nitrogen and oxygen atoms in total. The molecule has 0 aliphatic rings. The number of hydrogen-bond donors (Lipinski definition) is 0. The van der Waals surface area contributed by atoms with Gasteiger partial charge in [0, 0.05) is 9.79 Å². The van der Waals surface area contributed by atoms with Gasteiger partial charge in [-0.3, -0.25) is 0 Å². The molecule has 0 aliphatic heterocycles. The van der Waals surface area contributed by atoms with Gasteiger partial charge in [0.2, 0.25) is 0 Å². The van der Waals surface area contributed by atoms with E-state index in [0.29, 0.717) is 9.79 Å². The standard InChI is InChI=1S/C13H7F2NS/c14-10-3-1-2-4-12(10)17-13-6-5-9(8-16)7-11(13)15/h1-7H. The average molecular weight is 247 g/mol. The minimum absolute atomic E-state index is 0.250. The Hall–Kier alpha value is -1.86. The summed E-state index contributed by atoms with van der Waals surface area (Å²) in [6.45, 7) is 0. The van der Waals surface area contributed by atoms with Gasteiger partial charge in [-0.1, -0.05) is 23.9 Å². The maximum absolute atomic E-state index is 13.6. The molecule has 0 saturated carbocycles. The zero-order valence-corrected chi connectivity index (χ0v) is 9.47. The number of rotatable bonds is 2. The van der Waals surface area contributed by atoms with Crippen LogP contribution in [0.4, 0.5) is 8.78 Å². The predicted molar refractivity (Wildman–Crippen MR) is 61.6 cm³/mol. The van der Waals surface area contributed by atoms with E-state index in [0.717, 1.165) is 17.8 Å². The van der Waals surface area contributed by atoms with Crippen molar-refractivity contribution in [2.45, 2.75) is 9.79 Å². The van der Waals surface area contributed by atoms with Crippen molar-refractivity contribution in [2.24, 2.45) is 0 Å². The van der Waals surface area contributed by atoms with Crippen molar-refractivity contribution in [3.8, 4) is 6.07 Å². The minimum Gasteiger partial charge on any atom is -0.206 e. The van der Waals surface area contributed by atoms with E-state index in [2.05, 4.69) is 0 Å². The molecule has 0 amide bonds. The average Bonchev–Trinajstić information content (AvgIpc) is 2.34. The van der Waals surface area contributed by atoms with Gasteiger partial charge in [-0.15, -0.1) is 0 Å². The third-order valence-corrected chi connectivity index (χ3v) is 3.22. The molecule has 0 unspecified atom stereocenters. The molecule has 0 heterocycles. The molecule has 0 aliphatic carbocycles. The fourth-order valence-electron chi connectivity index (χ4n) is 1.30. The predicted octanol–water partition coefficient (Wildman–Crippen LogP) is 3.99. The van der Waals surface area contributed by atoms with Gasteiger partial charge < -0.3 is 0 Å². The van der Waals surface area contributed by atoms with Crippen molar-refractivity contribution in [2.75, 3.05) is 0 Å². The first-order valence-corrected chi connectivity index (χ1v) is 5.64. The summed E-state index contributed by atoms with van der Waals surface area (Å²) in [6.07, 6.45) is 0. The monoisotopic (exact) mass is 247 g/mol. The number of benzene rings is 2. The summed E-state index contributed by atoms with van der Waals surface area (Å²) in [5.41, 5.74) is 0.250. The van der Waals surface area contributed by atoms with Crippen LogP contribution in [0.1, 0.15) is 5.56 Å². The van der Waals surface area contributed by atoms with Crippen molar-refractivity contribution in [3.05, 3.63) is 59.7 Å². The molecule has 0 radical (unpaired) electrons. The molecule has 0 atom stereocenters. The van der Waals surface area contributed by atoms with Crippen LogP contribution in [0.25, 0.3) is 0 Å². The quantitative estimate of drug-likeness (QED) is 0.801. The van der Waals surface area contributed by atoms with Crippen molar-refractivity contribution in [3.63, 3.8) is 0 Å². The Bertz CT molecular complexity index is 590. The van der Waals surface area contributed by atoms with Gasteiger partial charge in [0.1, 0.15) is 11.6 Å². The van der Waals surface area contributed by atoms with Crippen LogP contribution in [0, 0.1) is 23.0 Å². The zero-order valence-electron chi connectivity index (χ0n) is 8.65.